The largest absolute Gasteiger partial charge is 0.379 e. The van der Waals surface area contributed by atoms with Crippen molar-refractivity contribution in [1.82, 2.24) is 19.4 Å². The fourth-order valence-corrected chi connectivity index (χ4v) is 6.27. The van der Waals surface area contributed by atoms with E-state index >= 15 is 0 Å². The quantitative estimate of drug-likeness (QED) is 0.436. The molecule has 0 aliphatic carbocycles. The van der Waals surface area contributed by atoms with Gasteiger partial charge < -0.3 is 18.9 Å². The second kappa shape index (κ2) is 12.5. The van der Waals surface area contributed by atoms with E-state index in [2.05, 4.69) is 9.88 Å². The number of amides is 1. The number of hydrogen-bond acceptors (Lipinski definition) is 7. The number of morpholine rings is 1. The zero-order valence-electron chi connectivity index (χ0n) is 21.6. The maximum absolute atomic E-state index is 14.3. The normalized spacial score (nSPS) is 19.0. The van der Waals surface area contributed by atoms with Gasteiger partial charge in [-0.25, -0.2) is 17.8 Å². The van der Waals surface area contributed by atoms with Crippen molar-refractivity contribution in [2.24, 2.45) is 5.92 Å². The molecule has 2 saturated heterocycles. The lowest BCUT2D eigenvalue weighted by Crippen LogP contribution is -2.44. The molecule has 1 aromatic carbocycles. The molecule has 4 rings (SSSR count). The summed E-state index contributed by atoms with van der Waals surface area (Å²) >= 11 is 0. The van der Waals surface area contributed by atoms with Crippen LogP contribution in [0.5, 0.6) is 0 Å². The Balaban J connectivity index is 1.60. The lowest BCUT2D eigenvalue weighted by atomic mass is 10.2. The van der Waals surface area contributed by atoms with Gasteiger partial charge in [0.15, 0.2) is 0 Å². The van der Waals surface area contributed by atoms with Gasteiger partial charge in [0.25, 0.3) is 0 Å². The molecule has 9 nitrogen and oxygen atoms in total. The van der Waals surface area contributed by atoms with E-state index in [-0.39, 0.29) is 35.2 Å². The van der Waals surface area contributed by atoms with Crippen molar-refractivity contribution in [3.63, 3.8) is 0 Å². The number of hydrogen-bond donors (Lipinski definition) is 0. The predicted octanol–water partition coefficient (Wildman–Crippen LogP) is 2.49. The molecular weight excluding hydrogens is 499 g/mol. The van der Waals surface area contributed by atoms with Crippen molar-refractivity contribution in [3.05, 3.63) is 47.5 Å². The van der Waals surface area contributed by atoms with Crippen LogP contribution in [0, 0.1) is 11.7 Å². The first-order chi connectivity index (χ1) is 17.7. The third kappa shape index (κ3) is 7.16. The number of carbonyl (C=O) groups excluding carboxylic acids is 1. The van der Waals surface area contributed by atoms with Crippen molar-refractivity contribution >= 4 is 15.7 Å². The van der Waals surface area contributed by atoms with E-state index in [9.17, 15) is 17.6 Å². The summed E-state index contributed by atoms with van der Waals surface area (Å²) in [5, 5.41) is -0.119. The Morgan fingerprint density at radius 3 is 2.65 bits per heavy atom. The Bertz CT molecular complexity index is 1160. The minimum Gasteiger partial charge on any atom is -0.379 e. The Kier molecular flexibility index (Phi) is 9.33. The van der Waals surface area contributed by atoms with Crippen LogP contribution in [-0.2, 0) is 42.9 Å². The number of halogens is 1. The van der Waals surface area contributed by atoms with Crippen molar-refractivity contribution in [2.45, 2.75) is 56.8 Å². The molecule has 11 heteroatoms. The third-order valence-corrected chi connectivity index (χ3v) is 8.41. The number of benzene rings is 1. The molecule has 1 unspecified atom stereocenters. The lowest BCUT2D eigenvalue weighted by Gasteiger charge is -2.31. The van der Waals surface area contributed by atoms with Crippen molar-refractivity contribution in [2.75, 3.05) is 46.0 Å². The Morgan fingerprint density at radius 1 is 1.22 bits per heavy atom. The second-order valence-corrected chi connectivity index (χ2v) is 11.9. The third-order valence-electron chi connectivity index (χ3n) is 6.84. The Hall–Kier alpha value is -2.34. The fraction of sp³-hybridized carbons (Fsp3) is 0.615. The van der Waals surface area contributed by atoms with Crippen LogP contribution in [0.4, 0.5) is 4.39 Å². The fourth-order valence-electron chi connectivity index (χ4n) is 4.75. The highest BCUT2D eigenvalue weighted by Crippen LogP contribution is 2.23. The molecule has 0 N–H and O–H groups in total. The highest BCUT2D eigenvalue weighted by atomic mass is 32.2. The molecule has 0 radical (unpaired) electrons. The SMILES string of the molecule is CC(C)C(=O)N(CCN1CCOCC1)Cc1cnc(S(=O)(=O)Cc2ccccc2F)n1CC1CCCO1. The minimum atomic E-state index is -3.96. The van der Waals surface area contributed by atoms with Crippen LogP contribution in [0.3, 0.4) is 0 Å². The van der Waals surface area contributed by atoms with E-state index in [4.69, 9.17) is 9.47 Å². The number of ether oxygens (including phenoxy) is 2. The summed E-state index contributed by atoms with van der Waals surface area (Å²) in [6.45, 7) is 9.10. The monoisotopic (exact) mass is 536 g/mol. The smallest absolute Gasteiger partial charge is 0.228 e. The number of nitrogens with zero attached hydrogens (tertiary/aromatic N) is 4. The average Bonchev–Trinajstić information content (AvgIpc) is 3.54. The first-order valence-corrected chi connectivity index (χ1v) is 14.6. The summed E-state index contributed by atoms with van der Waals surface area (Å²) in [6, 6.07) is 5.86. The summed E-state index contributed by atoms with van der Waals surface area (Å²) in [5.74, 6) is -1.27. The van der Waals surface area contributed by atoms with Gasteiger partial charge in [0.2, 0.25) is 20.9 Å². The molecule has 2 aliphatic rings. The van der Waals surface area contributed by atoms with Crippen molar-refractivity contribution in [3.8, 4) is 0 Å². The van der Waals surface area contributed by atoms with E-state index in [0.717, 1.165) is 25.9 Å². The van der Waals surface area contributed by atoms with Gasteiger partial charge >= 0.3 is 0 Å². The molecule has 3 heterocycles. The van der Waals surface area contributed by atoms with Crippen LogP contribution >= 0.6 is 0 Å². The van der Waals surface area contributed by atoms with E-state index < -0.39 is 21.4 Å². The molecule has 0 saturated carbocycles. The number of imidazole rings is 1. The summed E-state index contributed by atoms with van der Waals surface area (Å²) in [5.41, 5.74) is 0.719. The summed E-state index contributed by atoms with van der Waals surface area (Å²) in [4.78, 5) is 21.5. The first-order valence-electron chi connectivity index (χ1n) is 13.0. The van der Waals surface area contributed by atoms with E-state index in [1.165, 1.54) is 24.4 Å². The topological polar surface area (TPSA) is 94.0 Å². The summed E-state index contributed by atoms with van der Waals surface area (Å²) in [7, 11) is -3.96. The zero-order chi connectivity index (χ0) is 26.4. The predicted molar refractivity (Wildman–Crippen MR) is 136 cm³/mol. The van der Waals surface area contributed by atoms with Gasteiger partial charge in [-0.05, 0) is 18.9 Å². The van der Waals surface area contributed by atoms with Gasteiger partial charge in [-0.15, -0.1) is 0 Å². The molecule has 1 amide bonds. The van der Waals surface area contributed by atoms with Gasteiger partial charge in [0, 0.05) is 44.3 Å². The van der Waals surface area contributed by atoms with Crippen LogP contribution in [0.15, 0.2) is 35.6 Å². The zero-order valence-corrected chi connectivity index (χ0v) is 22.5. The first kappa shape index (κ1) is 27.7. The van der Waals surface area contributed by atoms with E-state index in [1.807, 2.05) is 13.8 Å². The van der Waals surface area contributed by atoms with Crippen LogP contribution < -0.4 is 0 Å². The molecule has 1 atom stereocenters. The second-order valence-electron chi connectivity index (χ2n) is 10.00. The standard InChI is InChI=1S/C26H37FN4O5S/c1-20(2)25(32)30(10-9-29-11-14-35-15-12-29)17-22-16-28-26(31(22)18-23-7-5-13-36-23)37(33,34)19-21-6-3-4-8-24(21)27/h3-4,6,8,16,20,23H,5,7,9-15,17-19H2,1-2H3. The molecule has 37 heavy (non-hydrogen) atoms. The molecular formula is C26H37FN4O5S. The highest BCUT2D eigenvalue weighted by Gasteiger charge is 2.29. The summed E-state index contributed by atoms with van der Waals surface area (Å²) < 4.78 is 54.0. The van der Waals surface area contributed by atoms with Crippen LogP contribution in [-0.4, -0.2) is 85.8 Å². The number of sulfone groups is 1. The highest BCUT2D eigenvalue weighted by molar-refractivity contribution is 7.90. The molecule has 2 fully saturated rings. The van der Waals surface area contributed by atoms with Gasteiger partial charge in [0.1, 0.15) is 5.82 Å². The molecule has 204 valence electrons. The van der Waals surface area contributed by atoms with Gasteiger partial charge in [-0.1, -0.05) is 32.0 Å². The van der Waals surface area contributed by atoms with Crippen LogP contribution in [0.25, 0.3) is 0 Å². The molecule has 0 bridgehead atoms. The van der Waals surface area contributed by atoms with Crippen LogP contribution in [0.1, 0.15) is 37.9 Å². The van der Waals surface area contributed by atoms with Crippen LogP contribution in [0.2, 0.25) is 0 Å². The van der Waals surface area contributed by atoms with Gasteiger partial charge in [-0.3, -0.25) is 9.69 Å². The molecule has 2 aliphatic heterocycles. The Labute approximate surface area is 218 Å². The van der Waals surface area contributed by atoms with E-state index in [0.29, 0.717) is 45.1 Å². The molecule has 1 aromatic heterocycles. The van der Waals surface area contributed by atoms with Gasteiger partial charge in [-0.2, -0.15) is 0 Å². The number of rotatable bonds is 11. The van der Waals surface area contributed by atoms with Crippen molar-refractivity contribution < 1.29 is 27.1 Å². The summed E-state index contributed by atoms with van der Waals surface area (Å²) in [6.07, 6.45) is 3.11. The Morgan fingerprint density at radius 2 is 1.97 bits per heavy atom. The minimum absolute atomic E-state index is 0.00566. The number of carbonyl (C=O) groups is 1. The molecule has 0 spiro atoms. The maximum Gasteiger partial charge on any atom is 0.228 e. The lowest BCUT2D eigenvalue weighted by molar-refractivity contribution is -0.135. The molecule has 2 aromatic rings. The maximum atomic E-state index is 14.3. The van der Waals surface area contributed by atoms with Crippen molar-refractivity contribution in [1.29, 1.82) is 0 Å². The van der Waals surface area contributed by atoms with Gasteiger partial charge in [0.05, 0.1) is 50.1 Å². The van der Waals surface area contributed by atoms with E-state index in [1.54, 1.807) is 15.5 Å². The average molecular weight is 537 g/mol. The number of aromatic nitrogens is 2.